The number of aliphatic hydroxyl groups is 3. The Labute approximate surface area is 253 Å². The summed E-state index contributed by atoms with van der Waals surface area (Å²) >= 11 is 1.49. The number of thioether (sulfide) groups is 1. The summed E-state index contributed by atoms with van der Waals surface area (Å²) < 4.78 is 11.3. The van der Waals surface area contributed by atoms with E-state index in [0.717, 1.165) is 17.4 Å². The van der Waals surface area contributed by atoms with Crippen molar-refractivity contribution in [1.29, 1.82) is 0 Å². The van der Waals surface area contributed by atoms with Crippen LogP contribution in [0.1, 0.15) is 36.5 Å². The van der Waals surface area contributed by atoms with Crippen LogP contribution in [0.15, 0.2) is 54.6 Å². The van der Waals surface area contributed by atoms with Crippen LogP contribution in [-0.2, 0) is 23.9 Å². The van der Waals surface area contributed by atoms with E-state index in [1.807, 2.05) is 30.3 Å². The minimum absolute atomic E-state index is 0.0671. The molecule has 2 amide bonds. The normalized spacial score (nSPS) is 23.1. The summed E-state index contributed by atoms with van der Waals surface area (Å²) in [6.07, 6.45) is -5.56. The molecule has 0 aliphatic carbocycles. The van der Waals surface area contributed by atoms with Crippen molar-refractivity contribution >= 4 is 35.8 Å². The number of carbonyl (C=O) groups is 4. The lowest BCUT2D eigenvalue weighted by Gasteiger charge is -2.46. The van der Waals surface area contributed by atoms with Crippen LogP contribution in [0, 0.1) is 0 Å². The number of carbonyl (C=O) groups excluding carboxylic acids is 3. The summed E-state index contributed by atoms with van der Waals surface area (Å²) in [5, 5.41) is 47.6. The maximum Gasteiger partial charge on any atom is 0.364 e. The van der Waals surface area contributed by atoms with Crippen LogP contribution in [0.2, 0.25) is 0 Å². The Morgan fingerprint density at radius 1 is 1.09 bits per heavy atom. The SMILES string of the molecule is CC(=O)N[C@@H]1C(O)C[C@](OCCCSCCC=O)(C(=O)O)OC1C(O)[C@H](O)CNC(=O)c1ccc(-c2ccccc2)cc1. The van der Waals surface area contributed by atoms with Crippen molar-refractivity contribution in [3.8, 4) is 11.1 Å². The Morgan fingerprint density at radius 3 is 2.40 bits per heavy atom. The van der Waals surface area contributed by atoms with Gasteiger partial charge in [-0.2, -0.15) is 11.8 Å². The Morgan fingerprint density at radius 2 is 1.77 bits per heavy atom. The molecule has 0 bridgehead atoms. The Hall–Kier alpha value is -3.33. The van der Waals surface area contributed by atoms with Crippen molar-refractivity contribution in [1.82, 2.24) is 10.6 Å². The number of hydrogen-bond donors (Lipinski definition) is 6. The lowest BCUT2D eigenvalue weighted by atomic mass is 9.88. The van der Waals surface area contributed by atoms with Gasteiger partial charge in [-0.1, -0.05) is 42.5 Å². The van der Waals surface area contributed by atoms with Gasteiger partial charge in [0, 0.05) is 31.9 Å². The first kappa shape index (κ1) is 34.2. The topological polar surface area (TPSA) is 192 Å². The third-order valence-corrected chi connectivity index (χ3v) is 7.98. The van der Waals surface area contributed by atoms with Gasteiger partial charge < -0.3 is 45.3 Å². The summed E-state index contributed by atoms with van der Waals surface area (Å²) in [6.45, 7) is 0.665. The fourth-order valence-electron chi connectivity index (χ4n) is 4.67. The van der Waals surface area contributed by atoms with Crippen LogP contribution in [0.4, 0.5) is 0 Å². The summed E-state index contributed by atoms with van der Waals surface area (Å²) in [4.78, 5) is 47.3. The molecule has 12 nitrogen and oxygen atoms in total. The molecule has 0 saturated carbocycles. The molecule has 2 aromatic rings. The highest BCUT2D eigenvalue weighted by Gasteiger charge is 2.55. The molecule has 1 fully saturated rings. The average Bonchev–Trinajstić information content (AvgIpc) is 3.00. The molecule has 1 heterocycles. The first-order valence-corrected chi connectivity index (χ1v) is 15.0. The molecular formula is C30H38N2O10S. The van der Waals surface area contributed by atoms with Crippen LogP contribution >= 0.6 is 11.8 Å². The molecule has 2 aromatic carbocycles. The number of hydrogen-bond acceptors (Lipinski definition) is 10. The van der Waals surface area contributed by atoms with E-state index in [0.29, 0.717) is 29.9 Å². The fourth-order valence-corrected chi connectivity index (χ4v) is 5.45. The second-order valence-electron chi connectivity index (χ2n) is 10.1. The molecule has 3 unspecified atom stereocenters. The van der Waals surface area contributed by atoms with Crippen LogP contribution in [0.5, 0.6) is 0 Å². The molecule has 6 N–H and O–H groups in total. The highest BCUT2D eigenvalue weighted by atomic mass is 32.2. The third-order valence-electron chi connectivity index (χ3n) is 6.87. The summed E-state index contributed by atoms with van der Waals surface area (Å²) in [5.74, 6) is -3.83. The predicted octanol–water partition coefficient (Wildman–Crippen LogP) is 0.970. The van der Waals surface area contributed by atoms with Crippen molar-refractivity contribution in [2.75, 3.05) is 24.7 Å². The number of rotatable bonds is 16. The monoisotopic (exact) mass is 618 g/mol. The first-order valence-electron chi connectivity index (χ1n) is 13.9. The molecule has 43 heavy (non-hydrogen) atoms. The Bertz CT molecular complexity index is 1220. The van der Waals surface area contributed by atoms with E-state index < -0.39 is 67.0 Å². The lowest BCUT2D eigenvalue weighted by Crippen LogP contribution is -2.68. The van der Waals surface area contributed by atoms with E-state index in [9.17, 15) is 39.6 Å². The van der Waals surface area contributed by atoms with Crippen LogP contribution in [0.3, 0.4) is 0 Å². The minimum atomic E-state index is -2.36. The number of amides is 2. The molecule has 1 saturated heterocycles. The van der Waals surface area contributed by atoms with Gasteiger partial charge in [-0.25, -0.2) is 4.79 Å². The summed E-state index contributed by atoms with van der Waals surface area (Å²) in [5.41, 5.74) is 2.20. The molecule has 1 aliphatic heterocycles. The number of aliphatic hydroxyl groups excluding tert-OH is 3. The number of carboxylic acids is 1. The van der Waals surface area contributed by atoms with Crippen molar-refractivity contribution < 1.29 is 49.1 Å². The summed E-state index contributed by atoms with van der Waals surface area (Å²) in [6, 6.07) is 15.1. The molecule has 6 atom stereocenters. The van der Waals surface area contributed by atoms with Crippen LogP contribution in [-0.4, -0.2) is 105 Å². The van der Waals surface area contributed by atoms with Crippen molar-refractivity contribution in [2.45, 2.75) is 62.4 Å². The smallest absolute Gasteiger partial charge is 0.364 e. The maximum atomic E-state index is 12.7. The Balaban J connectivity index is 1.66. The Kier molecular flexibility index (Phi) is 13.1. The number of aliphatic carboxylic acids is 1. The van der Waals surface area contributed by atoms with E-state index >= 15 is 0 Å². The molecule has 0 spiro atoms. The number of ether oxygens (including phenoxy) is 2. The number of benzene rings is 2. The van der Waals surface area contributed by atoms with Gasteiger partial charge in [-0.15, -0.1) is 0 Å². The average molecular weight is 619 g/mol. The number of nitrogens with one attached hydrogen (secondary N) is 2. The van der Waals surface area contributed by atoms with Gasteiger partial charge in [0.15, 0.2) is 0 Å². The van der Waals surface area contributed by atoms with E-state index in [2.05, 4.69) is 10.6 Å². The molecule has 3 rings (SSSR count). The molecule has 13 heteroatoms. The van der Waals surface area contributed by atoms with Gasteiger partial charge in [0.05, 0.1) is 24.9 Å². The highest BCUT2D eigenvalue weighted by Crippen LogP contribution is 2.34. The molecular weight excluding hydrogens is 580 g/mol. The van der Waals surface area contributed by atoms with E-state index in [1.165, 1.54) is 18.7 Å². The minimum Gasteiger partial charge on any atom is -0.477 e. The number of aldehydes is 1. The van der Waals surface area contributed by atoms with E-state index in [4.69, 9.17) is 9.47 Å². The van der Waals surface area contributed by atoms with Crippen LogP contribution in [0.25, 0.3) is 11.1 Å². The zero-order chi connectivity index (χ0) is 31.4. The van der Waals surface area contributed by atoms with Gasteiger partial charge in [0.2, 0.25) is 5.91 Å². The predicted molar refractivity (Wildman–Crippen MR) is 158 cm³/mol. The zero-order valence-corrected chi connectivity index (χ0v) is 24.6. The lowest BCUT2D eigenvalue weighted by molar-refractivity contribution is -0.310. The van der Waals surface area contributed by atoms with Gasteiger partial charge in [-0.05, 0) is 41.2 Å². The molecule has 234 valence electrons. The van der Waals surface area contributed by atoms with Gasteiger partial charge in [0.1, 0.15) is 18.5 Å². The van der Waals surface area contributed by atoms with Gasteiger partial charge in [-0.3, -0.25) is 9.59 Å². The zero-order valence-electron chi connectivity index (χ0n) is 23.8. The largest absolute Gasteiger partial charge is 0.477 e. The number of carboxylic acid groups (broad SMARTS) is 1. The second-order valence-corrected chi connectivity index (χ2v) is 11.3. The quantitative estimate of drug-likeness (QED) is 0.116. The van der Waals surface area contributed by atoms with Crippen molar-refractivity contribution in [3.63, 3.8) is 0 Å². The standard InChI is InChI=1S/C30H38N2O10S/c1-19(34)32-25-23(35)17-30(29(39)40,41-14-6-16-43-15-5-13-33)42-27(25)26(37)24(36)18-31-28(38)22-11-9-21(10-12-22)20-7-3-2-4-8-20/h2-4,7-13,23-27,35-37H,5-6,14-18H2,1H3,(H,31,38)(H,32,34)(H,39,40)/t23?,24-,25-,26?,27?,30-/m1/s1. The molecule has 0 radical (unpaired) electrons. The van der Waals surface area contributed by atoms with Crippen molar-refractivity contribution in [3.05, 3.63) is 60.2 Å². The third kappa shape index (κ3) is 9.58. The highest BCUT2D eigenvalue weighted by molar-refractivity contribution is 7.99. The van der Waals surface area contributed by atoms with Crippen LogP contribution < -0.4 is 10.6 Å². The van der Waals surface area contributed by atoms with E-state index in [1.54, 1.807) is 24.3 Å². The van der Waals surface area contributed by atoms with Gasteiger partial charge >= 0.3 is 5.97 Å². The second kappa shape index (κ2) is 16.5. The molecule has 1 aliphatic rings. The maximum absolute atomic E-state index is 12.7. The van der Waals surface area contributed by atoms with E-state index in [-0.39, 0.29) is 6.61 Å². The van der Waals surface area contributed by atoms with Crippen molar-refractivity contribution in [2.24, 2.45) is 0 Å². The summed E-state index contributed by atoms with van der Waals surface area (Å²) in [7, 11) is 0. The van der Waals surface area contributed by atoms with Gasteiger partial charge in [0.25, 0.3) is 11.7 Å². The first-order chi connectivity index (χ1) is 20.6. The molecule has 0 aromatic heterocycles. The fraction of sp³-hybridized carbons (Fsp3) is 0.467.